The van der Waals surface area contributed by atoms with Gasteiger partial charge >= 0.3 is 5.97 Å². The normalized spacial score (nSPS) is 15.4. The third-order valence-electron chi connectivity index (χ3n) is 2.56. The standard InChI is InChI=1S/C12H13BrO3S/c1-15-12(14)8-2-3-9(11(13)4-8)7-17-10-5-16-6-10/h2-4,10H,5-7H2,1H3. The molecule has 0 unspecified atom stereocenters. The van der Waals surface area contributed by atoms with Gasteiger partial charge in [-0.25, -0.2) is 4.79 Å². The van der Waals surface area contributed by atoms with Crippen molar-refractivity contribution in [2.75, 3.05) is 20.3 Å². The molecule has 0 saturated carbocycles. The van der Waals surface area contributed by atoms with Crippen LogP contribution in [0.2, 0.25) is 0 Å². The Morgan fingerprint density at radius 2 is 2.35 bits per heavy atom. The van der Waals surface area contributed by atoms with E-state index in [2.05, 4.69) is 20.7 Å². The first-order valence-electron chi connectivity index (χ1n) is 5.27. The summed E-state index contributed by atoms with van der Waals surface area (Å²) in [6.07, 6.45) is 0. The molecule has 0 atom stereocenters. The van der Waals surface area contributed by atoms with Crippen LogP contribution in [0.3, 0.4) is 0 Å². The minimum atomic E-state index is -0.308. The molecule has 0 radical (unpaired) electrons. The number of methoxy groups -OCH3 is 1. The lowest BCUT2D eigenvalue weighted by atomic mass is 10.1. The first kappa shape index (κ1) is 12.9. The summed E-state index contributed by atoms with van der Waals surface area (Å²) >= 11 is 5.36. The van der Waals surface area contributed by atoms with Gasteiger partial charge in [0.15, 0.2) is 0 Å². The van der Waals surface area contributed by atoms with E-state index in [-0.39, 0.29) is 5.97 Å². The fourth-order valence-electron chi connectivity index (χ4n) is 1.43. The summed E-state index contributed by atoms with van der Waals surface area (Å²) in [4.78, 5) is 11.3. The average Bonchev–Trinajstić information content (AvgIpc) is 2.28. The van der Waals surface area contributed by atoms with Gasteiger partial charge in [-0.2, -0.15) is 0 Å². The number of esters is 1. The van der Waals surface area contributed by atoms with Crippen molar-refractivity contribution in [3.8, 4) is 0 Å². The van der Waals surface area contributed by atoms with Gasteiger partial charge in [-0.15, -0.1) is 11.8 Å². The van der Waals surface area contributed by atoms with Crippen LogP contribution in [0.5, 0.6) is 0 Å². The van der Waals surface area contributed by atoms with Crippen molar-refractivity contribution in [3.05, 3.63) is 33.8 Å². The zero-order chi connectivity index (χ0) is 12.3. The third kappa shape index (κ3) is 3.24. The number of carbonyl (C=O) groups excluding carboxylic acids is 1. The second-order valence-electron chi connectivity index (χ2n) is 3.77. The smallest absolute Gasteiger partial charge is 0.337 e. The average molecular weight is 317 g/mol. The van der Waals surface area contributed by atoms with Crippen LogP contribution in [-0.4, -0.2) is 31.5 Å². The molecule has 1 aliphatic rings. The maximum atomic E-state index is 11.3. The Morgan fingerprint density at radius 1 is 1.59 bits per heavy atom. The van der Waals surface area contributed by atoms with Gasteiger partial charge in [0.25, 0.3) is 0 Å². The molecule has 1 aromatic rings. The Bertz CT molecular complexity index is 418. The SMILES string of the molecule is COC(=O)c1ccc(CSC2COC2)c(Br)c1. The van der Waals surface area contributed by atoms with Crippen LogP contribution >= 0.6 is 27.7 Å². The molecule has 0 spiro atoms. The number of halogens is 1. The van der Waals surface area contributed by atoms with E-state index in [4.69, 9.17) is 4.74 Å². The van der Waals surface area contributed by atoms with Gasteiger partial charge in [0, 0.05) is 10.2 Å². The zero-order valence-corrected chi connectivity index (χ0v) is 11.8. The van der Waals surface area contributed by atoms with Gasteiger partial charge in [0.1, 0.15) is 0 Å². The molecule has 1 aromatic carbocycles. The molecule has 17 heavy (non-hydrogen) atoms. The summed E-state index contributed by atoms with van der Waals surface area (Å²) in [5.74, 6) is 0.619. The second-order valence-corrected chi connectivity index (χ2v) is 5.91. The van der Waals surface area contributed by atoms with Gasteiger partial charge in [-0.3, -0.25) is 0 Å². The van der Waals surface area contributed by atoms with E-state index in [1.165, 1.54) is 12.7 Å². The minimum absolute atomic E-state index is 0.308. The van der Waals surface area contributed by atoms with E-state index in [0.29, 0.717) is 10.8 Å². The van der Waals surface area contributed by atoms with Crippen molar-refractivity contribution in [3.63, 3.8) is 0 Å². The molecule has 1 aliphatic heterocycles. The van der Waals surface area contributed by atoms with Crippen LogP contribution in [0.25, 0.3) is 0 Å². The molecule has 1 heterocycles. The maximum absolute atomic E-state index is 11.3. The Kier molecular flexibility index (Phi) is 4.48. The lowest BCUT2D eigenvalue weighted by Gasteiger charge is -2.25. The number of carbonyl (C=O) groups is 1. The molecule has 0 bridgehead atoms. The molecular weight excluding hydrogens is 304 g/mol. The monoisotopic (exact) mass is 316 g/mol. The highest BCUT2D eigenvalue weighted by atomic mass is 79.9. The largest absolute Gasteiger partial charge is 0.465 e. The Labute approximate surface area is 113 Å². The number of hydrogen-bond donors (Lipinski definition) is 0. The molecule has 0 aromatic heterocycles. The van der Waals surface area contributed by atoms with Crippen molar-refractivity contribution in [2.45, 2.75) is 11.0 Å². The predicted octanol–water partition coefficient (Wildman–Crippen LogP) is 2.87. The number of ether oxygens (including phenoxy) is 2. The van der Waals surface area contributed by atoms with Gasteiger partial charge in [0.05, 0.1) is 31.1 Å². The van der Waals surface area contributed by atoms with Crippen molar-refractivity contribution >= 4 is 33.7 Å². The Hall–Kier alpha value is -0.520. The number of benzene rings is 1. The summed E-state index contributed by atoms with van der Waals surface area (Å²) in [7, 11) is 1.39. The minimum Gasteiger partial charge on any atom is -0.465 e. The zero-order valence-electron chi connectivity index (χ0n) is 9.44. The number of thioether (sulfide) groups is 1. The molecule has 0 N–H and O–H groups in total. The van der Waals surface area contributed by atoms with Crippen molar-refractivity contribution in [1.29, 1.82) is 0 Å². The van der Waals surface area contributed by atoms with Crippen LogP contribution in [-0.2, 0) is 15.2 Å². The molecule has 1 saturated heterocycles. The summed E-state index contributed by atoms with van der Waals surface area (Å²) < 4.78 is 10.8. The highest BCUT2D eigenvalue weighted by Crippen LogP contribution is 2.28. The van der Waals surface area contributed by atoms with Crippen molar-refractivity contribution < 1.29 is 14.3 Å². The van der Waals surface area contributed by atoms with Crippen LogP contribution in [0.4, 0.5) is 0 Å². The van der Waals surface area contributed by atoms with Crippen LogP contribution < -0.4 is 0 Å². The topological polar surface area (TPSA) is 35.5 Å². The van der Waals surface area contributed by atoms with Crippen LogP contribution in [0.15, 0.2) is 22.7 Å². The predicted molar refractivity (Wildman–Crippen MR) is 71.4 cm³/mol. The summed E-state index contributed by atoms with van der Waals surface area (Å²) in [6.45, 7) is 1.70. The second kappa shape index (κ2) is 5.89. The fourth-order valence-corrected chi connectivity index (χ4v) is 3.18. The third-order valence-corrected chi connectivity index (χ3v) is 4.52. The van der Waals surface area contributed by atoms with Gasteiger partial charge in [0.2, 0.25) is 0 Å². The van der Waals surface area contributed by atoms with E-state index in [1.54, 1.807) is 12.1 Å². The first-order valence-corrected chi connectivity index (χ1v) is 7.11. The fraction of sp³-hybridized carbons (Fsp3) is 0.417. The first-order chi connectivity index (χ1) is 8.20. The molecule has 1 fully saturated rings. The van der Waals surface area contributed by atoms with Crippen molar-refractivity contribution in [2.24, 2.45) is 0 Å². The number of rotatable bonds is 4. The molecule has 5 heteroatoms. The van der Waals surface area contributed by atoms with Gasteiger partial charge < -0.3 is 9.47 Å². The summed E-state index contributed by atoms with van der Waals surface area (Å²) in [5, 5.41) is 0.613. The molecule has 0 amide bonds. The lowest BCUT2D eigenvalue weighted by Crippen LogP contribution is -2.30. The summed E-state index contributed by atoms with van der Waals surface area (Å²) in [5.41, 5.74) is 1.76. The molecule has 92 valence electrons. The van der Waals surface area contributed by atoms with E-state index in [0.717, 1.165) is 23.4 Å². The highest BCUT2D eigenvalue weighted by Gasteiger charge is 2.19. The van der Waals surface area contributed by atoms with E-state index >= 15 is 0 Å². The Balaban J connectivity index is 2.00. The quantitative estimate of drug-likeness (QED) is 0.800. The highest BCUT2D eigenvalue weighted by molar-refractivity contribution is 9.10. The molecular formula is C12H13BrO3S. The summed E-state index contributed by atoms with van der Waals surface area (Å²) in [6, 6.07) is 5.56. The molecule has 3 nitrogen and oxygen atoms in total. The van der Waals surface area contributed by atoms with E-state index in [1.807, 2.05) is 17.8 Å². The molecule has 0 aliphatic carbocycles. The maximum Gasteiger partial charge on any atom is 0.337 e. The van der Waals surface area contributed by atoms with E-state index < -0.39 is 0 Å². The number of hydrogen-bond acceptors (Lipinski definition) is 4. The lowest BCUT2D eigenvalue weighted by molar-refractivity contribution is 0.0455. The van der Waals surface area contributed by atoms with E-state index in [9.17, 15) is 4.79 Å². The molecule has 2 rings (SSSR count). The van der Waals surface area contributed by atoms with Crippen molar-refractivity contribution in [1.82, 2.24) is 0 Å². The van der Waals surface area contributed by atoms with Crippen LogP contribution in [0, 0.1) is 0 Å². The van der Waals surface area contributed by atoms with Gasteiger partial charge in [-0.05, 0) is 17.7 Å². The van der Waals surface area contributed by atoms with Crippen LogP contribution in [0.1, 0.15) is 15.9 Å². The van der Waals surface area contributed by atoms with Gasteiger partial charge in [-0.1, -0.05) is 22.0 Å². The Morgan fingerprint density at radius 3 is 2.88 bits per heavy atom.